The number of hydrogen-bond acceptors (Lipinski definition) is 2. The molecule has 0 fully saturated rings. The van der Waals surface area contributed by atoms with Crippen LogP contribution in [0.3, 0.4) is 0 Å². The molecular weight excluding hydrogens is 267 g/mol. The Morgan fingerprint density at radius 3 is 2.45 bits per heavy atom. The molecule has 1 heterocycles. The van der Waals surface area contributed by atoms with Gasteiger partial charge in [-0.15, -0.1) is 0 Å². The minimum Gasteiger partial charge on any atom is -0.381 e. The Morgan fingerprint density at radius 1 is 1.23 bits per heavy atom. The van der Waals surface area contributed by atoms with E-state index in [4.69, 9.17) is 7.98 Å². The number of anilines is 1. The summed E-state index contributed by atoms with van der Waals surface area (Å²) in [5.74, 6) is 1.81. The van der Waals surface area contributed by atoms with Crippen molar-refractivity contribution in [1.29, 1.82) is 0 Å². The van der Waals surface area contributed by atoms with E-state index in [0.29, 0.717) is 23.8 Å². The van der Waals surface area contributed by atoms with Gasteiger partial charge in [0.15, 0.2) is 7.98 Å². The van der Waals surface area contributed by atoms with Crippen molar-refractivity contribution in [2.75, 3.05) is 12.4 Å². The van der Waals surface area contributed by atoms with E-state index in [1.165, 1.54) is 17.7 Å². The van der Waals surface area contributed by atoms with Gasteiger partial charge in [-0.1, -0.05) is 45.4 Å². The van der Waals surface area contributed by atoms with Gasteiger partial charge in [-0.2, -0.15) is 0 Å². The van der Waals surface area contributed by atoms with Crippen LogP contribution in [0, 0.1) is 11.8 Å². The van der Waals surface area contributed by atoms with Gasteiger partial charge in [0.2, 0.25) is 0 Å². The molecule has 1 aliphatic heterocycles. The van der Waals surface area contributed by atoms with Crippen molar-refractivity contribution >= 4 is 13.7 Å². The molecule has 0 spiro atoms. The molecule has 1 aromatic rings. The lowest BCUT2D eigenvalue weighted by atomic mass is 9.74. The van der Waals surface area contributed by atoms with Crippen molar-refractivity contribution in [3.63, 3.8) is 0 Å². The molecule has 2 rings (SSSR count). The highest BCUT2D eigenvalue weighted by Gasteiger charge is 2.39. The first-order chi connectivity index (χ1) is 10.3. The Kier molecular flexibility index (Phi) is 5.27. The third kappa shape index (κ3) is 3.35. The summed E-state index contributed by atoms with van der Waals surface area (Å²) in [6.45, 7) is 11.5. The van der Waals surface area contributed by atoms with Gasteiger partial charge in [0, 0.05) is 23.2 Å². The standard InChI is InChI=1S/C19H31BN2/c1-7-13(2)18-17(14(3)12-19(4,5)22(6)20)15-10-8-9-11-16(15)21-18/h8-11,13-14,17-18,21H,7,12H2,1-6H3. The molecule has 0 aliphatic carbocycles. The van der Waals surface area contributed by atoms with E-state index in [1.54, 1.807) is 0 Å². The van der Waals surface area contributed by atoms with Crippen LogP contribution in [0.2, 0.25) is 0 Å². The lowest BCUT2D eigenvalue weighted by Gasteiger charge is -2.39. The fourth-order valence-corrected chi connectivity index (χ4v) is 3.85. The number of nitrogens with one attached hydrogen (secondary N) is 1. The molecule has 4 atom stereocenters. The summed E-state index contributed by atoms with van der Waals surface area (Å²) in [6, 6.07) is 9.34. The molecule has 0 bridgehead atoms. The van der Waals surface area contributed by atoms with E-state index in [1.807, 2.05) is 11.9 Å². The van der Waals surface area contributed by atoms with Crippen molar-refractivity contribution in [2.45, 2.75) is 65.0 Å². The van der Waals surface area contributed by atoms with E-state index in [-0.39, 0.29) is 5.54 Å². The van der Waals surface area contributed by atoms with E-state index in [0.717, 1.165) is 6.42 Å². The fourth-order valence-electron chi connectivity index (χ4n) is 3.85. The predicted molar refractivity (Wildman–Crippen MR) is 97.4 cm³/mol. The molecule has 1 N–H and O–H groups in total. The average molecular weight is 298 g/mol. The van der Waals surface area contributed by atoms with Crippen molar-refractivity contribution < 1.29 is 0 Å². The number of benzene rings is 1. The van der Waals surface area contributed by atoms with Crippen LogP contribution >= 0.6 is 0 Å². The highest BCUT2D eigenvalue weighted by molar-refractivity contribution is 6.04. The summed E-state index contributed by atoms with van der Waals surface area (Å²) in [5.41, 5.74) is 2.82. The maximum Gasteiger partial charge on any atom is 0.182 e. The Balaban J connectivity index is 2.28. The molecule has 22 heavy (non-hydrogen) atoms. The Labute approximate surface area is 138 Å². The fraction of sp³-hybridized carbons (Fsp3) is 0.684. The van der Waals surface area contributed by atoms with Crippen LogP contribution in [0.5, 0.6) is 0 Å². The number of nitrogens with zero attached hydrogens (tertiary/aromatic N) is 1. The molecule has 0 aromatic heterocycles. The Bertz CT molecular complexity index is 498. The molecule has 1 aromatic carbocycles. The highest BCUT2D eigenvalue weighted by Crippen LogP contribution is 2.45. The summed E-state index contributed by atoms with van der Waals surface area (Å²) in [7, 11) is 8.02. The zero-order chi connectivity index (χ0) is 16.5. The van der Waals surface area contributed by atoms with Gasteiger partial charge in [0.1, 0.15) is 0 Å². The van der Waals surface area contributed by atoms with Crippen LogP contribution in [-0.2, 0) is 0 Å². The molecule has 0 saturated heterocycles. The predicted octanol–water partition coefficient (Wildman–Crippen LogP) is 4.43. The minimum absolute atomic E-state index is 0.0109. The van der Waals surface area contributed by atoms with Gasteiger partial charge in [-0.05, 0) is 50.8 Å². The largest absolute Gasteiger partial charge is 0.381 e. The van der Waals surface area contributed by atoms with Gasteiger partial charge < -0.3 is 10.1 Å². The van der Waals surface area contributed by atoms with Crippen LogP contribution in [0.1, 0.15) is 58.9 Å². The second-order valence-corrected chi connectivity index (χ2v) is 7.77. The van der Waals surface area contributed by atoms with E-state index in [2.05, 4.69) is 64.2 Å². The molecule has 1 aliphatic rings. The molecule has 120 valence electrons. The maximum absolute atomic E-state index is 6.05. The van der Waals surface area contributed by atoms with Crippen LogP contribution in [0.4, 0.5) is 5.69 Å². The molecule has 2 radical (unpaired) electrons. The van der Waals surface area contributed by atoms with Crippen LogP contribution in [-0.4, -0.2) is 31.4 Å². The van der Waals surface area contributed by atoms with Crippen LogP contribution in [0.25, 0.3) is 0 Å². The lowest BCUT2D eigenvalue weighted by molar-refractivity contribution is 0.198. The highest BCUT2D eigenvalue weighted by atomic mass is 15.1. The normalized spacial score (nSPS) is 24.0. The number of para-hydroxylation sites is 1. The summed E-state index contributed by atoms with van der Waals surface area (Å²) in [4.78, 5) is 1.86. The van der Waals surface area contributed by atoms with E-state index < -0.39 is 0 Å². The average Bonchev–Trinajstić information content (AvgIpc) is 2.85. The van der Waals surface area contributed by atoms with Crippen LogP contribution in [0.15, 0.2) is 24.3 Å². The third-order valence-corrected chi connectivity index (χ3v) is 5.68. The van der Waals surface area contributed by atoms with Gasteiger partial charge in [-0.3, -0.25) is 0 Å². The first kappa shape index (κ1) is 17.4. The zero-order valence-corrected chi connectivity index (χ0v) is 15.1. The molecular formula is C19H31BN2. The second-order valence-electron chi connectivity index (χ2n) is 7.77. The Morgan fingerprint density at radius 2 is 1.86 bits per heavy atom. The smallest absolute Gasteiger partial charge is 0.182 e. The third-order valence-electron chi connectivity index (χ3n) is 5.68. The first-order valence-electron chi connectivity index (χ1n) is 8.62. The molecule has 3 heteroatoms. The van der Waals surface area contributed by atoms with E-state index in [9.17, 15) is 0 Å². The van der Waals surface area contributed by atoms with Gasteiger partial charge in [-0.25, -0.2) is 0 Å². The zero-order valence-electron chi connectivity index (χ0n) is 15.1. The first-order valence-corrected chi connectivity index (χ1v) is 8.62. The van der Waals surface area contributed by atoms with Gasteiger partial charge >= 0.3 is 0 Å². The quantitative estimate of drug-likeness (QED) is 0.782. The molecule has 4 unspecified atom stereocenters. The minimum atomic E-state index is 0.0109. The summed E-state index contributed by atoms with van der Waals surface area (Å²) in [5, 5.41) is 3.79. The van der Waals surface area contributed by atoms with Gasteiger partial charge in [0.25, 0.3) is 0 Å². The molecule has 0 saturated carbocycles. The van der Waals surface area contributed by atoms with Crippen molar-refractivity contribution in [1.82, 2.24) is 4.81 Å². The second kappa shape index (κ2) is 6.66. The van der Waals surface area contributed by atoms with Crippen LogP contribution < -0.4 is 5.32 Å². The molecule has 0 amide bonds. The molecule has 2 nitrogen and oxygen atoms in total. The number of fused-ring (bicyclic) bond motifs is 1. The van der Waals surface area contributed by atoms with E-state index >= 15 is 0 Å². The SMILES string of the molecule is [B]N(C)C(C)(C)CC(C)C1c2ccccc2NC1C(C)CC. The van der Waals surface area contributed by atoms with Crippen molar-refractivity contribution in [3.05, 3.63) is 29.8 Å². The van der Waals surface area contributed by atoms with Crippen molar-refractivity contribution in [3.8, 4) is 0 Å². The topological polar surface area (TPSA) is 15.3 Å². The Hall–Kier alpha value is -0.955. The lowest BCUT2D eigenvalue weighted by Crippen LogP contribution is -2.42. The summed E-state index contributed by atoms with van der Waals surface area (Å²) < 4.78 is 0. The maximum atomic E-state index is 6.05. The summed E-state index contributed by atoms with van der Waals surface area (Å²) in [6.07, 6.45) is 2.29. The number of hydrogen-bond donors (Lipinski definition) is 1. The summed E-state index contributed by atoms with van der Waals surface area (Å²) >= 11 is 0. The van der Waals surface area contributed by atoms with Crippen molar-refractivity contribution in [2.24, 2.45) is 11.8 Å². The van der Waals surface area contributed by atoms with Gasteiger partial charge in [0.05, 0.1) is 0 Å². The monoisotopic (exact) mass is 298 g/mol. The number of rotatable bonds is 6.